The van der Waals surface area contributed by atoms with Crippen molar-refractivity contribution in [3.05, 3.63) is 35.9 Å². The van der Waals surface area contributed by atoms with E-state index < -0.39 is 0 Å². The van der Waals surface area contributed by atoms with Gasteiger partial charge in [0.05, 0.1) is 12.5 Å². The van der Waals surface area contributed by atoms with Crippen molar-refractivity contribution in [1.29, 1.82) is 5.26 Å². The predicted octanol–water partition coefficient (Wildman–Crippen LogP) is 2.95. The van der Waals surface area contributed by atoms with Crippen LogP contribution in [-0.4, -0.2) is 24.5 Å². The zero-order valence-corrected chi connectivity index (χ0v) is 12.2. The lowest BCUT2D eigenvalue weighted by atomic mass is 9.99. The molecule has 104 valence electrons. The monoisotopic (exact) mass is 259 g/mol. The van der Waals surface area contributed by atoms with E-state index >= 15 is 0 Å². The average molecular weight is 259 g/mol. The Balaban J connectivity index is 2.64. The molecule has 3 heteroatoms. The first-order chi connectivity index (χ1) is 9.06. The van der Waals surface area contributed by atoms with E-state index in [-0.39, 0.29) is 12.1 Å². The Bertz CT molecular complexity index is 394. The van der Waals surface area contributed by atoms with Gasteiger partial charge in [-0.2, -0.15) is 5.26 Å². The zero-order chi connectivity index (χ0) is 14.3. The van der Waals surface area contributed by atoms with Crippen LogP contribution in [0.25, 0.3) is 0 Å². The number of hydrogen-bond donors (Lipinski definition) is 1. The minimum Gasteiger partial charge on any atom is -0.327 e. The third-order valence-corrected chi connectivity index (χ3v) is 3.67. The molecule has 0 saturated heterocycles. The number of nitrogens with zero attached hydrogens (tertiary/aromatic N) is 2. The van der Waals surface area contributed by atoms with Crippen molar-refractivity contribution < 1.29 is 0 Å². The lowest BCUT2D eigenvalue weighted by Gasteiger charge is -2.28. The minimum absolute atomic E-state index is 0.158. The van der Waals surface area contributed by atoms with Gasteiger partial charge in [-0.3, -0.25) is 4.90 Å². The smallest absolute Gasteiger partial charge is 0.0641 e. The lowest BCUT2D eigenvalue weighted by molar-refractivity contribution is 0.231. The molecule has 0 aliphatic carbocycles. The molecule has 0 heterocycles. The Morgan fingerprint density at radius 1 is 1.26 bits per heavy atom. The molecule has 0 spiro atoms. The maximum absolute atomic E-state index is 9.01. The molecular formula is C16H25N3. The fourth-order valence-corrected chi connectivity index (χ4v) is 2.13. The topological polar surface area (TPSA) is 53.0 Å². The van der Waals surface area contributed by atoms with Crippen LogP contribution in [0.15, 0.2) is 30.3 Å². The molecule has 2 atom stereocenters. The molecule has 0 bridgehead atoms. The van der Waals surface area contributed by atoms with Crippen molar-refractivity contribution in [2.45, 2.75) is 38.8 Å². The average Bonchev–Trinajstić information content (AvgIpc) is 2.42. The maximum atomic E-state index is 9.01. The summed E-state index contributed by atoms with van der Waals surface area (Å²) in [5.74, 6) is 0.500. The Labute approximate surface area is 117 Å². The molecule has 0 amide bonds. The zero-order valence-electron chi connectivity index (χ0n) is 12.2. The van der Waals surface area contributed by atoms with Crippen LogP contribution in [0.5, 0.6) is 0 Å². The van der Waals surface area contributed by atoms with E-state index in [1.54, 1.807) is 0 Å². The van der Waals surface area contributed by atoms with Crippen molar-refractivity contribution in [2.75, 3.05) is 13.6 Å². The predicted molar refractivity (Wildman–Crippen MR) is 79.5 cm³/mol. The summed E-state index contributed by atoms with van der Waals surface area (Å²) in [6.45, 7) is 5.21. The second-order valence-corrected chi connectivity index (χ2v) is 5.47. The highest BCUT2D eigenvalue weighted by Gasteiger charge is 2.17. The van der Waals surface area contributed by atoms with Gasteiger partial charge in [-0.25, -0.2) is 0 Å². The third kappa shape index (κ3) is 5.02. The van der Waals surface area contributed by atoms with Crippen molar-refractivity contribution in [3.8, 4) is 6.07 Å². The van der Waals surface area contributed by atoms with Crippen molar-refractivity contribution in [3.63, 3.8) is 0 Å². The van der Waals surface area contributed by atoms with Crippen LogP contribution in [0.1, 0.15) is 38.3 Å². The molecule has 0 aliphatic heterocycles. The molecule has 3 nitrogen and oxygen atoms in total. The lowest BCUT2D eigenvalue weighted by Crippen LogP contribution is -2.33. The molecule has 19 heavy (non-hydrogen) atoms. The number of hydrogen-bond acceptors (Lipinski definition) is 3. The van der Waals surface area contributed by atoms with Gasteiger partial charge in [0, 0.05) is 12.1 Å². The SMILES string of the molecule is CC(C)C(N)CCN(C)C(CC#N)c1ccccc1. The highest BCUT2D eigenvalue weighted by atomic mass is 15.1. The van der Waals surface area contributed by atoms with E-state index in [0.29, 0.717) is 12.3 Å². The molecule has 2 N–H and O–H groups in total. The summed E-state index contributed by atoms with van der Waals surface area (Å²) in [5.41, 5.74) is 7.28. The van der Waals surface area contributed by atoms with E-state index in [9.17, 15) is 0 Å². The van der Waals surface area contributed by atoms with Gasteiger partial charge in [-0.15, -0.1) is 0 Å². The Hall–Kier alpha value is -1.37. The standard InChI is InChI=1S/C16H25N3/c1-13(2)15(18)10-12-19(3)16(9-11-17)14-7-5-4-6-8-14/h4-8,13,15-16H,9-10,12,18H2,1-3H3. The Morgan fingerprint density at radius 2 is 1.89 bits per heavy atom. The second-order valence-electron chi connectivity index (χ2n) is 5.47. The van der Waals surface area contributed by atoms with Gasteiger partial charge in [0.15, 0.2) is 0 Å². The molecule has 1 aromatic carbocycles. The first kappa shape index (κ1) is 15.7. The summed E-state index contributed by atoms with van der Waals surface area (Å²) >= 11 is 0. The molecule has 0 radical (unpaired) electrons. The number of benzene rings is 1. The highest BCUT2D eigenvalue weighted by Crippen LogP contribution is 2.23. The largest absolute Gasteiger partial charge is 0.327 e. The van der Waals surface area contributed by atoms with Crippen LogP contribution >= 0.6 is 0 Å². The summed E-state index contributed by atoms with van der Waals surface area (Å²) in [4.78, 5) is 2.24. The van der Waals surface area contributed by atoms with Gasteiger partial charge in [0.2, 0.25) is 0 Å². The number of nitriles is 1. The molecule has 0 saturated carbocycles. The van der Waals surface area contributed by atoms with E-state index in [1.807, 2.05) is 18.2 Å². The van der Waals surface area contributed by atoms with E-state index in [1.165, 1.54) is 5.56 Å². The van der Waals surface area contributed by atoms with Crippen LogP contribution in [-0.2, 0) is 0 Å². The van der Waals surface area contributed by atoms with E-state index in [4.69, 9.17) is 11.0 Å². The Kier molecular flexibility index (Phi) is 6.55. The van der Waals surface area contributed by atoms with E-state index in [0.717, 1.165) is 13.0 Å². The molecule has 0 aliphatic rings. The van der Waals surface area contributed by atoms with Crippen LogP contribution in [0, 0.1) is 17.2 Å². The number of rotatable bonds is 7. The fourth-order valence-electron chi connectivity index (χ4n) is 2.13. The normalized spacial score (nSPS) is 14.4. The molecule has 0 aromatic heterocycles. The quantitative estimate of drug-likeness (QED) is 0.819. The van der Waals surface area contributed by atoms with Crippen molar-refractivity contribution >= 4 is 0 Å². The van der Waals surface area contributed by atoms with Gasteiger partial charge in [-0.05, 0) is 31.5 Å². The van der Waals surface area contributed by atoms with Gasteiger partial charge in [0.1, 0.15) is 0 Å². The van der Waals surface area contributed by atoms with Gasteiger partial charge < -0.3 is 5.73 Å². The molecule has 2 unspecified atom stereocenters. The first-order valence-corrected chi connectivity index (χ1v) is 6.94. The second kappa shape index (κ2) is 7.93. The Morgan fingerprint density at radius 3 is 2.42 bits per heavy atom. The van der Waals surface area contributed by atoms with Gasteiger partial charge in [-0.1, -0.05) is 44.2 Å². The fraction of sp³-hybridized carbons (Fsp3) is 0.562. The van der Waals surface area contributed by atoms with Gasteiger partial charge >= 0.3 is 0 Å². The molecule has 1 aromatic rings. The maximum Gasteiger partial charge on any atom is 0.0641 e. The van der Waals surface area contributed by atoms with Crippen LogP contribution < -0.4 is 5.73 Å². The van der Waals surface area contributed by atoms with Crippen LogP contribution in [0.2, 0.25) is 0 Å². The molecule has 1 rings (SSSR count). The third-order valence-electron chi connectivity index (χ3n) is 3.67. The van der Waals surface area contributed by atoms with Crippen molar-refractivity contribution in [1.82, 2.24) is 4.90 Å². The van der Waals surface area contributed by atoms with Crippen LogP contribution in [0.4, 0.5) is 0 Å². The minimum atomic E-state index is 0.158. The highest BCUT2D eigenvalue weighted by molar-refractivity contribution is 5.20. The number of nitrogens with two attached hydrogens (primary N) is 1. The van der Waals surface area contributed by atoms with Crippen molar-refractivity contribution in [2.24, 2.45) is 11.7 Å². The summed E-state index contributed by atoms with van der Waals surface area (Å²) in [6, 6.07) is 12.9. The van der Waals surface area contributed by atoms with Gasteiger partial charge in [0.25, 0.3) is 0 Å². The first-order valence-electron chi connectivity index (χ1n) is 6.94. The summed E-state index contributed by atoms with van der Waals surface area (Å²) in [7, 11) is 2.07. The van der Waals surface area contributed by atoms with Crippen LogP contribution in [0.3, 0.4) is 0 Å². The summed E-state index contributed by atoms with van der Waals surface area (Å²) in [6.07, 6.45) is 1.47. The van der Waals surface area contributed by atoms with E-state index in [2.05, 4.69) is 44.0 Å². The summed E-state index contributed by atoms with van der Waals surface area (Å²) < 4.78 is 0. The summed E-state index contributed by atoms with van der Waals surface area (Å²) in [5, 5.41) is 9.01. The molecular weight excluding hydrogens is 234 g/mol. The molecule has 0 fully saturated rings.